The molecule has 0 spiro atoms. The molecule has 2 aromatic heterocycles. The summed E-state index contributed by atoms with van der Waals surface area (Å²) in [4.78, 5) is 17.7. The molecule has 0 saturated heterocycles. The summed E-state index contributed by atoms with van der Waals surface area (Å²) in [6.45, 7) is 3.22. The number of aromatic amines is 1. The predicted molar refractivity (Wildman–Crippen MR) is 117 cm³/mol. The van der Waals surface area contributed by atoms with Gasteiger partial charge in [-0.05, 0) is 38.1 Å². The van der Waals surface area contributed by atoms with Gasteiger partial charge in [0.2, 0.25) is 0 Å². The van der Waals surface area contributed by atoms with E-state index in [2.05, 4.69) is 9.97 Å². The summed E-state index contributed by atoms with van der Waals surface area (Å²) in [7, 11) is 0. The van der Waals surface area contributed by atoms with Crippen LogP contribution >= 0.6 is 46.4 Å². The number of rotatable bonds is 0. The van der Waals surface area contributed by atoms with Gasteiger partial charge < -0.3 is 10.1 Å². The minimum absolute atomic E-state index is 0.0590. The van der Waals surface area contributed by atoms with E-state index in [9.17, 15) is 18.7 Å². The Bertz CT molecular complexity index is 1370. The highest BCUT2D eigenvalue weighted by Gasteiger charge is 2.14. The largest absolute Gasteiger partial charge is 0.507 e. The Morgan fingerprint density at radius 3 is 2.07 bits per heavy atom. The summed E-state index contributed by atoms with van der Waals surface area (Å²) >= 11 is 23.3. The maximum Gasteiger partial charge on any atom is 0.255 e. The van der Waals surface area contributed by atoms with Crippen molar-refractivity contribution in [2.24, 2.45) is 0 Å². The Kier molecular flexibility index (Phi) is 6.43. The lowest BCUT2D eigenvalue weighted by molar-refractivity contribution is 0.476. The molecule has 0 unspecified atom stereocenters. The second kappa shape index (κ2) is 8.55. The van der Waals surface area contributed by atoms with Crippen LogP contribution in [0.3, 0.4) is 0 Å². The second-order valence-electron chi connectivity index (χ2n) is 6.31. The second-order valence-corrected chi connectivity index (χ2v) is 7.80. The minimum Gasteiger partial charge on any atom is -0.507 e. The highest BCUT2D eigenvalue weighted by molar-refractivity contribution is 6.41. The number of hydrogen-bond acceptors (Lipinski definition) is 3. The standard InChI is InChI=1S/C10H5Cl3FN.C10H7ClFNO2/c1-4-7(11)5-2-3-6(14)8(12)9(5)15-10(4)13;1-4-9(14)5-2-3-6(12)7(11)8(5)13-10(4)15/h2-3H,1H3;2-3H,1H3,(H2,13,14,15). The maximum absolute atomic E-state index is 13.2. The number of fused-ring (bicyclic) bond motifs is 2. The Morgan fingerprint density at radius 1 is 0.867 bits per heavy atom. The van der Waals surface area contributed by atoms with Crippen molar-refractivity contribution < 1.29 is 13.9 Å². The van der Waals surface area contributed by atoms with Gasteiger partial charge in [0.15, 0.2) is 0 Å². The molecule has 10 heteroatoms. The van der Waals surface area contributed by atoms with Crippen molar-refractivity contribution in [1.29, 1.82) is 0 Å². The van der Waals surface area contributed by atoms with E-state index in [0.29, 0.717) is 21.4 Å². The van der Waals surface area contributed by atoms with Gasteiger partial charge >= 0.3 is 0 Å². The van der Waals surface area contributed by atoms with E-state index in [1.165, 1.54) is 25.1 Å². The average Bonchev–Trinajstić information content (AvgIpc) is 2.71. The third-order valence-corrected chi connectivity index (χ3v) is 6.02. The molecule has 0 aliphatic carbocycles. The van der Waals surface area contributed by atoms with E-state index in [0.717, 1.165) is 6.07 Å². The topological polar surface area (TPSA) is 66.0 Å². The molecule has 2 aromatic carbocycles. The van der Waals surface area contributed by atoms with E-state index in [-0.39, 0.29) is 37.5 Å². The van der Waals surface area contributed by atoms with Gasteiger partial charge in [0, 0.05) is 16.3 Å². The van der Waals surface area contributed by atoms with Crippen LogP contribution < -0.4 is 5.56 Å². The summed E-state index contributed by atoms with van der Waals surface area (Å²) < 4.78 is 26.2. The number of nitrogens with one attached hydrogen (secondary N) is 1. The number of pyridine rings is 2. The smallest absolute Gasteiger partial charge is 0.255 e. The lowest BCUT2D eigenvalue weighted by Gasteiger charge is -2.07. The van der Waals surface area contributed by atoms with E-state index >= 15 is 0 Å². The van der Waals surface area contributed by atoms with Crippen molar-refractivity contribution in [2.45, 2.75) is 13.8 Å². The van der Waals surface area contributed by atoms with Gasteiger partial charge in [-0.3, -0.25) is 4.79 Å². The number of aromatic hydroxyl groups is 1. The first-order valence-electron chi connectivity index (χ1n) is 8.33. The Hall–Kier alpha value is -2.12. The van der Waals surface area contributed by atoms with Crippen molar-refractivity contribution in [3.63, 3.8) is 0 Å². The normalized spacial score (nSPS) is 10.9. The predicted octanol–water partition coefficient (Wildman–Crippen LogP) is 6.98. The average molecular weight is 492 g/mol. The molecule has 156 valence electrons. The van der Waals surface area contributed by atoms with Crippen LogP contribution in [0.25, 0.3) is 21.8 Å². The quantitative estimate of drug-likeness (QED) is 0.261. The molecular weight excluding hydrogens is 480 g/mol. The van der Waals surface area contributed by atoms with Crippen molar-refractivity contribution in [3.8, 4) is 5.75 Å². The van der Waals surface area contributed by atoms with Gasteiger partial charge in [-0.2, -0.15) is 0 Å². The fraction of sp³-hybridized carbons (Fsp3) is 0.100. The van der Waals surface area contributed by atoms with Crippen LogP contribution in [0.5, 0.6) is 5.75 Å². The zero-order valence-electron chi connectivity index (χ0n) is 15.4. The zero-order chi connectivity index (χ0) is 22.3. The number of halogens is 6. The number of nitrogens with zero attached hydrogens (tertiary/aromatic N) is 1. The molecule has 30 heavy (non-hydrogen) atoms. The summed E-state index contributed by atoms with van der Waals surface area (Å²) in [5.74, 6) is -1.34. The van der Waals surface area contributed by atoms with E-state index in [4.69, 9.17) is 46.4 Å². The van der Waals surface area contributed by atoms with E-state index in [1.54, 1.807) is 6.92 Å². The van der Waals surface area contributed by atoms with Gasteiger partial charge in [-0.1, -0.05) is 46.4 Å². The van der Waals surface area contributed by atoms with Gasteiger partial charge in [0.25, 0.3) is 5.56 Å². The molecule has 4 aromatic rings. The third-order valence-electron chi connectivity index (χ3n) is 4.44. The number of aromatic nitrogens is 2. The van der Waals surface area contributed by atoms with E-state index in [1.807, 2.05) is 0 Å². The van der Waals surface area contributed by atoms with Gasteiger partial charge in [0.1, 0.15) is 32.6 Å². The first-order chi connectivity index (χ1) is 14.0. The molecular formula is C20H12Cl4F2N2O2. The van der Waals surface area contributed by atoms with Crippen molar-refractivity contribution in [2.75, 3.05) is 0 Å². The summed E-state index contributed by atoms with van der Waals surface area (Å²) in [5, 5.41) is 11.0. The SMILES string of the molecule is Cc1c(Cl)nc2c(Cl)c(F)ccc2c1Cl.Cc1c(O)c2ccc(F)c(Cl)c2[nH]c1=O. The van der Waals surface area contributed by atoms with Gasteiger partial charge in [-0.25, -0.2) is 13.8 Å². The molecule has 2 heterocycles. The lowest BCUT2D eigenvalue weighted by atomic mass is 10.1. The van der Waals surface area contributed by atoms with Crippen molar-refractivity contribution in [3.05, 3.63) is 77.6 Å². The molecule has 4 rings (SSSR count). The maximum atomic E-state index is 13.2. The van der Waals surface area contributed by atoms with Crippen LogP contribution in [0.15, 0.2) is 29.1 Å². The minimum atomic E-state index is -0.636. The number of benzene rings is 2. The lowest BCUT2D eigenvalue weighted by Crippen LogP contribution is -2.09. The van der Waals surface area contributed by atoms with Gasteiger partial charge in [0.05, 0.1) is 21.6 Å². The fourth-order valence-corrected chi connectivity index (χ4v) is 3.58. The van der Waals surface area contributed by atoms with E-state index < -0.39 is 17.2 Å². The molecule has 0 bridgehead atoms. The molecule has 0 saturated carbocycles. The monoisotopic (exact) mass is 490 g/mol. The highest BCUT2D eigenvalue weighted by Crippen LogP contribution is 2.34. The summed E-state index contributed by atoms with van der Waals surface area (Å²) in [6.07, 6.45) is 0. The molecule has 0 aliphatic rings. The molecule has 0 aliphatic heterocycles. The molecule has 0 fully saturated rings. The molecule has 0 radical (unpaired) electrons. The first-order valence-corrected chi connectivity index (χ1v) is 9.84. The number of H-pyrrole nitrogens is 1. The highest BCUT2D eigenvalue weighted by atomic mass is 35.5. The first kappa shape index (κ1) is 22.6. The molecule has 0 atom stereocenters. The molecule has 4 nitrogen and oxygen atoms in total. The van der Waals surface area contributed by atoms with Crippen LogP contribution in [0, 0.1) is 25.5 Å². The summed E-state index contributed by atoms with van der Waals surface area (Å²) in [6, 6.07) is 5.30. The van der Waals surface area contributed by atoms with Crippen LogP contribution in [0.4, 0.5) is 8.78 Å². The van der Waals surface area contributed by atoms with Gasteiger partial charge in [-0.15, -0.1) is 0 Å². The van der Waals surface area contributed by atoms with Crippen molar-refractivity contribution in [1.82, 2.24) is 9.97 Å². The van der Waals surface area contributed by atoms with Crippen molar-refractivity contribution >= 4 is 68.2 Å². The summed E-state index contributed by atoms with van der Waals surface area (Å²) in [5.41, 5.74) is 0.771. The van der Waals surface area contributed by atoms with Crippen LogP contribution in [0.2, 0.25) is 20.2 Å². The van der Waals surface area contributed by atoms with Crippen LogP contribution in [-0.4, -0.2) is 15.1 Å². The Balaban J connectivity index is 0.000000171. The molecule has 0 amide bonds. The zero-order valence-corrected chi connectivity index (χ0v) is 18.4. The van der Waals surface area contributed by atoms with Crippen LogP contribution in [0.1, 0.15) is 11.1 Å². The Labute approximate surface area is 189 Å². The number of hydrogen-bond donors (Lipinski definition) is 2. The third kappa shape index (κ3) is 3.93. The van der Waals surface area contributed by atoms with Crippen LogP contribution in [-0.2, 0) is 0 Å². The molecule has 2 N–H and O–H groups in total. The Morgan fingerprint density at radius 2 is 1.43 bits per heavy atom. The fourth-order valence-electron chi connectivity index (χ4n) is 2.69.